The highest BCUT2D eigenvalue weighted by Crippen LogP contribution is 2.18. The predicted octanol–water partition coefficient (Wildman–Crippen LogP) is 3.74. The molecule has 1 unspecified atom stereocenters. The number of likely N-dealkylation sites (tertiary alicyclic amines) is 1. The fourth-order valence-electron chi connectivity index (χ4n) is 3.55. The van der Waals surface area contributed by atoms with Gasteiger partial charge in [-0.2, -0.15) is 0 Å². The minimum Gasteiger partial charge on any atom is -0.497 e. The lowest BCUT2D eigenvalue weighted by Crippen LogP contribution is -2.47. The summed E-state index contributed by atoms with van der Waals surface area (Å²) >= 11 is 1.71. The van der Waals surface area contributed by atoms with Gasteiger partial charge in [0.15, 0.2) is 0 Å². The first-order valence-electron chi connectivity index (χ1n) is 9.44. The van der Waals surface area contributed by atoms with Crippen molar-refractivity contribution >= 4 is 17.7 Å². The van der Waals surface area contributed by atoms with Crippen LogP contribution in [0.5, 0.6) is 5.75 Å². The Morgan fingerprint density at radius 1 is 1.22 bits per heavy atom. The van der Waals surface area contributed by atoms with E-state index in [0.717, 1.165) is 43.8 Å². The van der Waals surface area contributed by atoms with Crippen LogP contribution in [0.3, 0.4) is 0 Å². The van der Waals surface area contributed by atoms with Crippen molar-refractivity contribution in [2.75, 3.05) is 26.5 Å². The number of piperidine rings is 1. The molecule has 1 N–H and O–H groups in total. The molecule has 5 heteroatoms. The van der Waals surface area contributed by atoms with Gasteiger partial charge in [0.1, 0.15) is 5.75 Å². The molecular weight excluding hydrogens is 356 g/mol. The second kappa shape index (κ2) is 9.81. The van der Waals surface area contributed by atoms with Crippen LogP contribution in [-0.4, -0.2) is 43.3 Å². The highest BCUT2D eigenvalue weighted by Gasteiger charge is 2.21. The van der Waals surface area contributed by atoms with Gasteiger partial charge in [0, 0.05) is 24.0 Å². The molecule has 0 aliphatic carbocycles. The minimum absolute atomic E-state index is 0.111. The molecule has 0 bridgehead atoms. The Balaban J connectivity index is 1.50. The third kappa shape index (κ3) is 6.01. The van der Waals surface area contributed by atoms with Gasteiger partial charge in [0.2, 0.25) is 5.91 Å². The average Bonchev–Trinajstić information content (AvgIpc) is 2.69. The van der Waals surface area contributed by atoms with Crippen LogP contribution < -0.4 is 10.1 Å². The van der Waals surface area contributed by atoms with Gasteiger partial charge in [-0.05, 0) is 61.0 Å². The molecule has 2 aromatic rings. The normalized spacial score (nSPS) is 17.5. The lowest BCUT2D eigenvalue weighted by atomic mass is 10.0. The highest BCUT2D eigenvalue weighted by molar-refractivity contribution is 7.98. The third-order valence-electron chi connectivity index (χ3n) is 4.93. The molecule has 1 aliphatic rings. The lowest BCUT2D eigenvalue weighted by molar-refractivity contribution is -0.121. The highest BCUT2D eigenvalue weighted by atomic mass is 32.2. The monoisotopic (exact) mass is 384 g/mol. The zero-order chi connectivity index (χ0) is 19.1. The summed E-state index contributed by atoms with van der Waals surface area (Å²) in [5.74, 6) is 1.00. The Kier molecular flexibility index (Phi) is 7.18. The van der Waals surface area contributed by atoms with Crippen molar-refractivity contribution in [1.29, 1.82) is 0 Å². The number of methoxy groups -OCH3 is 1. The van der Waals surface area contributed by atoms with Crippen LogP contribution in [0.15, 0.2) is 53.4 Å². The molecular formula is C22H28N2O2S. The van der Waals surface area contributed by atoms with Crippen molar-refractivity contribution in [3.8, 4) is 5.75 Å². The van der Waals surface area contributed by atoms with Crippen LogP contribution in [0.25, 0.3) is 0 Å². The maximum absolute atomic E-state index is 12.4. The quantitative estimate of drug-likeness (QED) is 0.739. The number of amides is 1. The molecule has 1 heterocycles. The Labute approximate surface area is 166 Å². The molecule has 1 amide bonds. The number of carbonyl (C=O) groups is 1. The Morgan fingerprint density at radius 2 is 2.04 bits per heavy atom. The Bertz CT molecular complexity index is 748. The number of nitrogens with zero attached hydrogens (tertiary/aromatic N) is 1. The molecule has 1 saturated heterocycles. The maximum atomic E-state index is 12.4. The third-order valence-corrected chi connectivity index (χ3v) is 5.68. The van der Waals surface area contributed by atoms with E-state index < -0.39 is 0 Å². The zero-order valence-electron chi connectivity index (χ0n) is 16.1. The summed E-state index contributed by atoms with van der Waals surface area (Å²) in [4.78, 5) is 16.1. The van der Waals surface area contributed by atoms with Gasteiger partial charge in [0.05, 0.1) is 13.5 Å². The summed E-state index contributed by atoms with van der Waals surface area (Å²) in [6, 6.07) is 16.7. The van der Waals surface area contributed by atoms with Crippen molar-refractivity contribution in [2.24, 2.45) is 0 Å². The minimum atomic E-state index is 0.111. The summed E-state index contributed by atoms with van der Waals surface area (Å²) in [6.45, 7) is 2.85. The van der Waals surface area contributed by atoms with Crippen molar-refractivity contribution < 1.29 is 9.53 Å². The molecule has 0 saturated carbocycles. The first-order chi connectivity index (χ1) is 13.2. The van der Waals surface area contributed by atoms with Crippen LogP contribution in [0.4, 0.5) is 0 Å². The molecule has 1 atom stereocenters. The van der Waals surface area contributed by atoms with Crippen molar-refractivity contribution in [3.05, 3.63) is 59.7 Å². The topological polar surface area (TPSA) is 41.6 Å². The number of ether oxygens (including phenoxy) is 1. The molecule has 2 aromatic carbocycles. The summed E-state index contributed by atoms with van der Waals surface area (Å²) in [6.07, 6.45) is 4.66. The molecule has 0 radical (unpaired) electrons. The molecule has 27 heavy (non-hydrogen) atoms. The number of carbonyl (C=O) groups excluding carboxylic acids is 1. The number of hydrogen-bond donors (Lipinski definition) is 1. The Hall–Kier alpha value is -1.98. The molecule has 4 nitrogen and oxygen atoms in total. The van der Waals surface area contributed by atoms with E-state index in [9.17, 15) is 4.79 Å². The number of rotatable bonds is 7. The first-order valence-corrected chi connectivity index (χ1v) is 10.7. The van der Waals surface area contributed by atoms with Crippen molar-refractivity contribution in [1.82, 2.24) is 10.2 Å². The van der Waals surface area contributed by atoms with Gasteiger partial charge in [-0.3, -0.25) is 9.69 Å². The first kappa shape index (κ1) is 19.8. The molecule has 0 aromatic heterocycles. The van der Waals surface area contributed by atoms with Gasteiger partial charge in [-0.1, -0.05) is 24.3 Å². The van der Waals surface area contributed by atoms with Gasteiger partial charge < -0.3 is 10.1 Å². The summed E-state index contributed by atoms with van der Waals surface area (Å²) in [7, 11) is 1.69. The molecule has 0 spiro atoms. The van der Waals surface area contributed by atoms with Crippen molar-refractivity contribution in [2.45, 2.75) is 36.7 Å². The van der Waals surface area contributed by atoms with Crippen LogP contribution in [-0.2, 0) is 17.8 Å². The fraction of sp³-hybridized carbons (Fsp3) is 0.409. The smallest absolute Gasteiger partial charge is 0.224 e. The molecule has 1 aliphatic heterocycles. The Morgan fingerprint density at radius 3 is 2.78 bits per heavy atom. The van der Waals surface area contributed by atoms with Gasteiger partial charge >= 0.3 is 0 Å². The van der Waals surface area contributed by atoms with Crippen LogP contribution in [0.1, 0.15) is 24.0 Å². The second-order valence-corrected chi connectivity index (χ2v) is 7.90. The van der Waals surface area contributed by atoms with E-state index in [1.165, 1.54) is 10.5 Å². The van der Waals surface area contributed by atoms with Crippen LogP contribution >= 0.6 is 11.8 Å². The van der Waals surface area contributed by atoms with E-state index in [1.54, 1.807) is 18.9 Å². The van der Waals surface area contributed by atoms with Gasteiger partial charge in [-0.25, -0.2) is 0 Å². The lowest BCUT2D eigenvalue weighted by Gasteiger charge is -2.33. The standard InChI is InChI=1S/C22H28N2O2S/c1-26-20-7-3-5-18(13-20)15-24-12-4-6-19(16-24)23-22(25)14-17-8-10-21(27-2)11-9-17/h3,5,7-11,13,19H,4,6,12,14-16H2,1-2H3,(H,23,25). The van der Waals surface area contributed by atoms with Crippen LogP contribution in [0, 0.1) is 0 Å². The van der Waals surface area contributed by atoms with Gasteiger partial charge in [0.25, 0.3) is 0 Å². The van der Waals surface area contributed by atoms with E-state index >= 15 is 0 Å². The number of hydrogen-bond acceptors (Lipinski definition) is 4. The van der Waals surface area contributed by atoms with Gasteiger partial charge in [-0.15, -0.1) is 11.8 Å². The van der Waals surface area contributed by atoms with E-state index in [2.05, 4.69) is 40.7 Å². The van der Waals surface area contributed by atoms with E-state index in [1.807, 2.05) is 24.3 Å². The number of thioether (sulfide) groups is 1. The van der Waals surface area contributed by atoms with E-state index in [-0.39, 0.29) is 11.9 Å². The SMILES string of the molecule is COc1cccc(CN2CCCC(NC(=O)Cc3ccc(SC)cc3)C2)c1. The number of benzene rings is 2. The molecule has 3 rings (SSSR count). The predicted molar refractivity (Wildman–Crippen MR) is 111 cm³/mol. The van der Waals surface area contributed by atoms with Crippen molar-refractivity contribution in [3.63, 3.8) is 0 Å². The largest absolute Gasteiger partial charge is 0.497 e. The molecule has 1 fully saturated rings. The second-order valence-electron chi connectivity index (χ2n) is 7.02. The number of nitrogens with one attached hydrogen (secondary N) is 1. The van der Waals surface area contributed by atoms with Crippen LogP contribution in [0.2, 0.25) is 0 Å². The summed E-state index contributed by atoms with van der Waals surface area (Å²) in [5, 5.41) is 3.22. The zero-order valence-corrected chi connectivity index (χ0v) is 16.9. The average molecular weight is 385 g/mol. The summed E-state index contributed by atoms with van der Waals surface area (Å²) in [5.41, 5.74) is 2.31. The molecule has 144 valence electrons. The summed E-state index contributed by atoms with van der Waals surface area (Å²) < 4.78 is 5.31. The van der Waals surface area contributed by atoms with E-state index in [0.29, 0.717) is 6.42 Å². The fourth-order valence-corrected chi connectivity index (χ4v) is 3.96. The van der Waals surface area contributed by atoms with E-state index in [4.69, 9.17) is 4.74 Å². The maximum Gasteiger partial charge on any atom is 0.224 e.